The average molecular weight is 648 g/mol. The normalized spacial score (nSPS) is 12.1. The number of halogens is 3. The molecule has 238 valence electrons. The number of sulfonamides is 1. The van der Waals surface area contributed by atoms with Crippen LogP contribution in [-0.2, 0) is 31.3 Å². The molecular weight excluding hydrogens is 619 g/mol. The molecule has 0 saturated heterocycles. The molecule has 2 aromatic heterocycles. The van der Waals surface area contributed by atoms with Gasteiger partial charge in [-0.15, -0.1) is 0 Å². The summed E-state index contributed by atoms with van der Waals surface area (Å²) in [7, 11) is -3.38. The van der Waals surface area contributed by atoms with Crippen LogP contribution in [0.25, 0.3) is 22.2 Å². The number of nitrogens with one attached hydrogen (secondary N) is 1. The third kappa shape index (κ3) is 8.20. The fraction of sp³-hybridized carbons (Fsp3) is 0.276. The van der Waals surface area contributed by atoms with Crippen LogP contribution in [-0.4, -0.2) is 66.4 Å². The molecule has 4 N–H and O–H groups in total. The van der Waals surface area contributed by atoms with E-state index in [2.05, 4.69) is 21.9 Å². The number of carboxylic acid groups (broad SMARTS) is 1. The maximum atomic E-state index is 13.5. The molecule has 1 unspecified atom stereocenters. The maximum Gasteiger partial charge on any atom is 0.355 e. The number of hydrogen-bond acceptors (Lipinski definition) is 9. The van der Waals surface area contributed by atoms with Gasteiger partial charge >= 0.3 is 11.7 Å². The minimum atomic E-state index is -5.04. The lowest BCUT2D eigenvalue weighted by atomic mass is 10.1. The van der Waals surface area contributed by atoms with E-state index in [1.54, 1.807) is 14.0 Å². The van der Waals surface area contributed by atoms with Crippen molar-refractivity contribution in [2.75, 3.05) is 36.9 Å². The van der Waals surface area contributed by atoms with Gasteiger partial charge in [-0.2, -0.15) is 13.9 Å². The molecule has 2 heterocycles. The summed E-state index contributed by atoms with van der Waals surface area (Å²) >= 11 is 0. The number of aliphatic carboxylic acids is 1. The highest BCUT2D eigenvalue weighted by atomic mass is 32.2. The monoisotopic (exact) mass is 647 g/mol. The molecule has 0 radical (unpaired) electrons. The number of nitrogens with zero attached hydrogens (tertiary/aromatic N) is 3. The zero-order chi connectivity index (χ0) is 32.7. The predicted octanol–water partition coefficient (Wildman–Crippen LogP) is 3.93. The molecule has 0 spiro atoms. The van der Waals surface area contributed by atoms with E-state index in [0.29, 0.717) is 33.3 Å². The van der Waals surface area contributed by atoms with Crippen LogP contribution >= 0.6 is 0 Å². The number of aromatic nitrogens is 3. The van der Waals surface area contributed by atoms with E-state index in [0.717, 1.165) is 0 Å². The Hall–Kier alpha value is -4.85. The maximum absolute atomic E-state index is 13.5. The quantitative estimate of drug-likeness (QED) is 0.143. The standard InChI is InChI=1S/C29H28F3N5O7S/c1-17(18-5-8-21(30)9-6-18)44-23-14-19(7-10-22(23)36-45(40,41)29(31)32)26-25-27(37(2)35-26)20(15-34-28(25)33)4-3-11-42-12-13-43-16-24(38)39/h5-10,14-15,17,29,36H,11-13,16H2,1-2H3,(H2,33,34)(H,38,39). The molecule has 12 nitrogen and oxygen atoms in total. The number of pyridine rings is 1. The van der Waals surface area contributed by atoms with Crippen molar-refractivity contribution >= 4 is 38.4 Å². The Morgan fingerprint density at radius 3 is 2.56 bits per heavy atom. The Bertz CT molecular complexity index is 1860. The van der Waals surface area contributed by atoms with Crippen LogP contribution in [0.4, 0.5) is 24.7 Å². The predicted molar refractivity (Wildman–Crippen MR) is 158 cm³/mol. The van der Waals surface area contributed by atoms with Crippen molar-refractivity contribution in [1.29, 1.82) is 0 Å². The van der Waals surface area contributed by atoms with Crippen LogP contribution in [0.5, 0.6) is 5.75 Å². The number of ether oxygens (including phenoxy) is 3. The van der Waals surface area contributed by atoms with E-state index in [9.17, 15) is 26.4 Å². The SMILES string of the molecule is CC(Oc1cc(-c2nn(C)c3c(C#CCOCCOCC(=O)O)cnc(N)c23)ccc1NS(=O)(=O)C(F)F)c1ccc(F)cc1. The van der Waals surface area contributed by atoms with Gasteiger partial charge in [-0.3, -0.25) is 9.40 Å². The van der Waals surface area contributed by atoms with E-state index >= 15 is 0 Å². The minimum Gasteiger partial charge on any atom is -0.484 e. The number of anilines is 2. The number of nitrogen functional groups attached to an aromatic ring is 1. The number of aryl methyl sites for hydroxylation is 1. The second-order valence-corrected chi connectivity index (χ2v) is 11.1. The second-order valence-electron chi connectivity index (χ2n) is 9.48. The highest BCUT2D eigenvalue weighted by Gasteiger charge is 2.26. The Balaban J connectivity index is 1.68. The zero-order valence-corrected chi connectivity index (χ0v) is 24.8. The molecule has 45 heavy (non-hydrogen) atoms. The Morgan fingerprint density at radius 1 is 1.16 bits per heavy atom. The summed E-state index contributed by atoms with van der Waals surface area (Å²) in [6.07, 6.45) is 0.725. The summed E-state index contributed by atoms with van der Waals surface area (Å²) in [5.74, 6) is 0.567. The van der Waals surface area contributed by atoms with Gasteiger partial charge in [0, 0.05) is 18.8 Å². The fourth-order valence-electron chi connectivity index (χ4n) is 4.20. The van der Waals surface area contributed by atoms with Crippen LogP contribution in [0, 0.1) is 17.7 Å². The third-order valence-corrected chi connectivity index (χ3v) is 7.24. The summed E-state index contributed by atoms with van der Waals surface area (Å²) in [6.45, 7) is 1.45. The number of alkyl halides is 2. The Kier molecular flexibility index (Phi) is 10.5. The topological polar surface area (TPSA) is 168 Å². The number of carbonyl (C=O) groups is 1. The van der Waals surface area contributed by atoms with Gasteiger partial charge in [0.05, 0.1) is 35.4 Å². The molecule has 0 aliphatic heterocycles. The zero-order valence-electron chi connectivity index (χ0n) is 24.0. The molecule has 0 aliphatic carbocycles. The summed E-state index contributed by atoms with van der Waals surface area (Å²) in [6, 6.07) is 9.55. The Labute approximate surface area is 256 Å². The van der Waals surface area contributed by atoms with E-state index in [1.165, 1.54) is 53.3 Å². The molecule has 0 aliphatic rings. The highest BCUT2D eigenvalue weighted by molar-refractivity contribution is 7.93. The van der Waals surface area contributed by atoms with E-state index in [-0.39, 0.29) is 37.1 Å². The van der Waals surface area contributed by atoms with Gasteiger partial charge in [-0.05, 0) is 36.8 Å². The van der Waals surface area contributed by atoms with Gasteiger partial charge in [0.15, 0.2) is 0 Å². The van der Waals surface area contributed by atoms with Gasteiger partial charge in [-0.1, -0.05) is 30.0 Å². The lowest BCUT2D eigenvalue weighted by Gasteiger charge is -2.19. The van der Waals surface area contributed by atoms with E-state index in [4.69, 9.17) is 25.1 Å². The van der Waals surface area contributed by atoms with Crippen molar-refractivity contribution in [3.63, 3.8) is 0 Å². The first kappa shape index (κ1) is 33.1. The van der Waals surface area contributed by atoms with Gasteiger partial charge in [-0.25, -0.2) is 22.6 Å². The molecule has 0 saturated carbocycles. The fourth-order valence-corrected chi connectivity index (χ4v) is 4.77. The van der Waals surface area contributed by atoms with Gasteiger partial charge < -0.3 is 25.1 Å². The average Bonchev–Trinajstić information content (AvgIpc) is 3.34. The van der Waals surface area contributed by atoms with Crippen LogP contribution in [0.15, 0.2) is 48.7 Å². The van der Waals surface area contributed by atoms with Crippen molar-refractivity contribution < 1.29 is 45.7 Å². The third-order valence-electron chi connectivity index (χ3n) is 6.27. The first-order valence-corrected chi connectivity index (χ1v) is 14.8. The first-order chi connectivity index (χ1) is 21.4. The minimum absolute atomic E-state index is 0.0237. The van der Waals surface area contributed by atoms with Crippen molar-refractivity contribution in [2.24, 2.45) is 7.05 Å². The van der Waals surface area contributed by atoms with Crippen LogP contribution in [0.2, 0.25) is 0 Å². The van der Waals surface area contributed by atoms with Gasteiger partial charge in [0.25, 0.3) is 10.0 Å². The van der Waals surface area contributed by atoms with E-state index < -0.39 is 40.3 Å². The van der Waals surface area contributed by atoms with E-state index in [1.807, 2.05) is 4.72 Å². The molecule has 0 bridgehead atoms. The number of nitrogens with two attached hydrogens (primary N) is 1. The largest absolute Gasteiger partial charge is 0.484 e. The molecular formula is C29H28F3N5O7S. The molecule has 4 aromatic rings. The van der Waals surface area contributed by atoms with Crippen molar-refractivity contribution in [3.05, 3.63) is 65.6 Å². The summed E-state index contributed by atoms with van der Waals surface area (Å²) in [4.78, 5) is 14.7. The smallest absolute Gasteiger partial charge is 0.355 e. The molecule has 4 rings (SSSR count). The number of rotatable bonds is 13. The lowest BCUT2D eigenvalue weighted by molar-refractivity contribution is -0.142. The van der Waals surface area contributed by atoms with Gasteiger partial charge in [0.2, 0.25) is 0 Å². The molecule has 1 atom stereocenters. The van der Waals surface area contributed by atoms with Crippen LogP contribution in [0.1, 0.15) is 24.2 Å². The van der Waals surface area contributed by atoms with Crippen LogP contribution < -0.4 is 15.2 Å². The summed E-state index contributed by atoms with van der Waals surface area (Å²) < 4.78 is 83.5. The van der Waals surface area contributed by atoms with Crippen molar-refractivity contribution in [1.82, 2.24) is 14.8 Å². The van der Waals surface area contributed by atoms with Crippen molar-refractivity contribution in [2.45, 2.75) is 18.8 Å². The summed E-state index contributed by atoms with van der Waals surface area (Å²) in [5.41, 5.74) is 8.25. The molecule has 0 amide bonds. The molecule has 0 fully saturated rings. The second kappa shape index (κ2) is 14.3. The highest BCUT2D eigenvalue weighted by Crippen LogP contribution is 2.38. The van der Waals surface area contributed by atoms with Crippen LogP contribution in [0.3, 0.4) is 0 Å². The number of benzene rings is 2. The first-order valence-electron chi connectivity index (χ1n) is 13.2. The number of carboxylic acids is 1. The lowest BCUT2D eigenvalue weighted by Crippen LogP contribution is -2.21. The number of hydrogen-bond donors (Lipinski definition) is 3. The van der Waals surface area contributed by atoms with Crippen molar-refractivity contribution in [3.8, 4) is 28.8 Å². The van der Waals surface area contributed by atoms with Gasteiger partial charge in [0.1, 0.15) is 42.4 Å². The Morgan fingerprint density at radius 2 is 1.87 bits per heavy atom. The number of fused-ring (bicyclic) bond motifs is 1. The molecule has 2 aromatic carbocycles. The summed E-state index contributed by atoms with van der Waals surface area (Å²) in [5, 5.41) is 13.6. The molecule has 16 heteroatoms.